The van der Waals surface area contributed by atoms with Gasteiger partial charge >= 0.3 is 5.97 Å². The molecule has 0 amide bonds. The Kier molecular flexibility index (Phi) is 6.31. The third kappa shape index (κ3) is 4.61. The largest absolute Gasteiger partial charge is 0.462 e. The number of carbonyl (C=O) groups excluding carboxylic acids is 2. The molecule has 158 valence electrons. The summed E-state index contributed by atoms with van der Waals surface area (Å²) in [5.41, 5.74) is 3.36. The van der Waals surface area contributed by atoms with E-state index in [2.05, 4.69) is 31.2 Å². The summed E-state index contributed by atoms with van der Waals surface area (Å²) in [4.78, 5) is 26.0. The summed E-state index contributed by atoms with van der Waals surface area (Å²) in [5.74, 6) is 0.202. The maximum Gasteiger partial charge on any atom is 0.338 e. The Hall–Kier alpha value is -3.20. The molecule has 3 heteroatoms. The van der Waals surface area contributed by atoms with E-state index < -0.39 is 0 Å². The third-order valence-corrected chi connectivity index (χ3v) is 6.27. The Morgan fingerprint density at radius 2 is 1.35 bits per heavy atom. The molecule has 0 saturated heterocycles. The summed E-state index contributed by atoms with van der Waals surface area (Å²) in [7, 11) is 0. The van der Waals surface area contributed by atoms with Crippen molar-refractivity contribution in [2.24, 2.45) is 11.8 Å². The lowest BCUT2D eigenvalue weighted by atomic mass is 10.0. The molecule has 0 radical (unpaired) electrons. The maximum absolute atomic E-state index is 13.5. The van der Waals surface area contributed by atoms with E-state index in [1.807, 2.05) is 43.3 Å². The van der Waals surface area contributed by atoms with Crippen LogP contribution < -0.4 is 0 Å². The Morgan fingerprint density at radius 3 is 1.90 bits per heavy atom. The van der Waals surface area contributed by atoms with Crippen molar-refractivity contribution >= 4 is 11.8 Å². The van der Waals surface area contributed by atoms with Gasteiger partial charge in [-0.15, -0.1) is 0 Å². The SMILES string of the molecule is CC[C@H](C)COC(=O)c1cccc(C(=O)C2[C@@H](c3ccccc3)[C@@H]2c2ccccc2)c1. The summed E-state index contributed by atoms with van der Waals surface area (Å²) in [5, 5.41) is 0. The van der Waals surface area contributed by atoms with E-state index in [4.69, 9.17) is 4.74 Å². The number of benzene rings is 3. The van der Waals surface area contributed by atoms with E-state index in [-0.39, 0.29) is 29.5 Å². The van der Waals surface area contributed by atoms with E-state index >= 15 is 0 Å². The van der Waals surface area contributed by atoms with E-state index in [9.17, 15) is 9.59 Å². The molecular weight excluding hydrogens is 384 g/mol. The lowest BCUT2D eigenvalue weighted by Gasteiger charge is -2.10. The summed E-state index contributed by atoms with van der Waals surface area (Å²) in [6.07, 6.45) is 0.954. The minimum absolute atomic E-state index is 0.0827. The number of Topliss-reactive ketones (excluding diaryl/α,β-unsaturated/α-hetero) is 1. The molecule has 1 saturated carbocycles. The van der Waals surface area contributed by atoms with Gasteiger partial charge in [-0.2, -0.15) is 0 Å². The Labute approximate surface area is 184 Å². The summed E-state index contributed by atoms with van der Waals surface area (Å²) < 4.78 is 5.42. The first-order chi connectivity index (χ1) is 15.1. The zero-order valence-electron chi connectivity index (χ0n) is 18.0. The second-order valence-corrected chi connectivity index (χ2v) is 8.46. The van der Waals surface area contributed by atoms with Gasteiger partial charge < -0.3 is 4.74 Å². The number of esters is 1. The third-order valence-electron chi connectivity index (χ3n) is 6.27. The van der Waals surface area contributed by atoms with Gasteiger partial charge in [0.25, 0.3) is 0 Å². The zero-order valence-corrected chi connectivity index (χ0v) is 18.0. The number of rotatable bonds is 8. The molecule has 1 fully saturated rings. The fraction of sp³-hybridized carbons (Fsp3) is 0.286. The van der Waals surface area contributed by atoms with Gasteiger partial charge in [-0.3, -0.25) is 4.79 Å². The van der Waals surface area contributed by atoms with Gasteiger partial charge in [0.1, 0.15) is 0 Å². The molecule has 1 aliphatic rings. The molecule has 4 rings (SSSR count). The molecule has 3 aromatic carbocycles. The second-order valence-electron chi connectivity index (χ2n) is 8.46. The first-order valence-electron chi connectivity index (χ1n) is 11.0. The van der Waals surface area contributed by atoms with Gasteiger partial charge in [-0.1, -0.05) is 93.1 Å². The number of carbonyl (C=O) groups is 2. The maximum atomic E-state index is 13.5. The van der Waals surface area contributed by atoms with Crippen molar-refractivity contribution in [3.8, 4) is 0 Å². The average Bonchev–Trinajstić information content (AvgIpc) is 3.58. The fourth-order valence-corrected chi connectivity index (χ4v) is 4.23. The molecule has 0 unspecified atom stereocenters. The van der Waals surface area contributed by atoms with Crippen LogP contribution in [0.4, 0.5) is 0 Å². The first kappa shape index (κ1) is 21.0. The summed E-state index contributed by atoms with van der Waals surface area (Å²) in [6.45, 7) is 4.51. The van der Waals surface area contributed by atoms with Gasteiger partial charge in [0, 0.05) is 23.3 Å². The molecule has 0 aromatic heterocycles. The molecule has 0 N–H and O–H groups in total. The van der Waals surface area contributed by atoms with Gasteiger partial charge in [0.15, 0.2) is 5.78 Å². The van der Waals surface area contributed by atoms with Crippen LogP contribution >= 0.6 is 0 Å². The molecule has 0 bridgehead atoms. The highest BCUT2D eigenvalue weighted by Gasteiger charge is 2.55. The van der Waals surface area contributed by atoms with Gasteiger partial charge in [-0.25, -0.2) is 4.79 Å². The molecule has 0 spiro atoms. The number of hydrogen-bond donors (Lipinski definition) is 0. The number of ether oxygens (including phenoxy) is 1. The van der Waals surface area contributed by atoms with Crippen molar-refractivity contribution in [1.82, 2.24) is 0 Å². The Balaban J connectivity index is 1.57. The fourth-order valence-electron chi connectivity index (χ4n) is 4.23. The topological polar surface area (TPSA) is 43.4 Å². The van der Waals surface area contributed by atoms with Crippen LogP contribution in [0, 0.1) is 11.8 Å². The molecule has 1 aliphatic carbocycles. The Morgan fingerprint density at radius 1 is 0.806 bits per heavy atom. The molecule has 31 heavy (non-hydrogen) atoms. The first-order valence-corrected chi connectivity index (χ1v) is 11.0. The van der Waals surface area contributed by atoms with E-state index in [0.717, 1.165) is 6.42 Å². The average molecular weight is 413 g/mol. The predicted octanol–water partition coefficient (Wildman–Crippen LogP) is 6.27. The van der Waals surface area contributed by atoms with Crippen LogP contribution in [-0.2, 0) is 4.74 Å². The van der Waals surface area contributed by atoms with Gasteiger partial charge in [0.05, 0.1) is 12.2 Å². The van der Waals surface area contributed by atoms with Crippen LogP contribution in [0.15, 0.2) is 84.9 Å². The smallest absolute Gasteiger partial charge is 0.338 e. The van der Waals surface area contributed by atoms with Gasteiger partial charge in [-0.05, 0) is 29.2 Å². The van der Waals surface area contributed by atoms with Crippen LogP contribution in [0.2, 0.25) is 0 Å². The molecular formula is C28H28O3. The van der Waals surface area contributed by atoms with Crippen molar-refractivity contribution in [2.75, 3.05) is 6.61 Å². The van der Waals surface area contributed by atoms with Crippen LogP contribution in [0.25, 0.3) is 0 Å². The van der Waals surface area contributed by atoms with Crippen LogP contribution in [0.3, 0.4) is 0 Å². The number of ketones is 1. The lowest BCUT2D eigenvalue weighted by molar-refractivity contribution is 0.0447. The highest BCUT2D eigenvalue weighted by Crippen LogP contribution is 2.61. The van der Waals surface area contributed by atoms with Crippen molar-refractivity contribution in [3.05, 3.63) is 107 Å². The van der Waals surface area contributed by atoms with Crippen molar-refractivity contribution < 1.29 is 14.3 Å². The predicted molar refractivity (Wildman–Crippen MR) is 122 cm³/mol. The highest BCUT2D eigenvalue weighted by atomic mass is 16.5. The van der Waals surface area contributed by atoms with Crippen LogP contribution in [0.5, 0.6) is 0 Å². The lowest BCUT2D eigenvalue weighted by Crippen LogP contribution is -2.13. The van der Waals surface area contributed by atoms with Gasteiger partial charge in [0.2, 0.25) is 0 Å². The van der Waals surface area contributed by atoms with Crippen molar-refractivity contribution in [2.45, 2.75) is 32.1 Å². The molecule has 3 atom stereocenters. The van der Waals surface area contributed by atoms with Crippen molar-refractivity contribution in [3.63, 3.8) is 0 Å². The normalized spacial score (nSPS) is 20.6. The minimum Gasteiger partial charge on any atom is -0.462 e. The second kappa shape index (κ2) is 9.30. The van der Waals surface area contributed by atoms with E-state index in [1.165, 1.54) is 11.1 Å². The number of hydrogen-bond acceptors (Lipinski definition) is 3. The summed E-state index contributed by atoms with van der Waals surface area (Å²) in [6, 6.07) is 27.4. The minimum atomic E-state index is -0.370. The zero-order chi connectivity index (χ0) is 21.8. The van der Waals surface area contributed by atoms with Crippen LogP contribution in [0.1, 0.15) is 63.9 Å². The van der Waals surface area contributed by atoms with Crippen LogP contribution in [-0.4, -0.2) is 18.4 Å². The summed E-state index contributed by atoms with van der Waals surface area (Å²) >= 11 is 0. The molecule has 0 aliphatic heterocycles. The Bertz CT molecular complexity index is 997. The van der Waals surface area contributed by atoms with Crippen molar-refractivity contribution in [1.29, 1.82) is 0 Å². The highest BCUT2D eigenvalue weighted by molar-refractivity contribution is 6.03. The van der Waals surface area contributed by atoms with E-state index in [1.54, 1.807) is 24.3 Å². The quantitative estimate of drug-likeness (QED) is 0.323. The molecule has 0 heterocycles. The monoisotopic (exact) mass is 412 g/mol. The van der Waals surface area contributed by atoms with E-state index in [0.29, 0.717) is 23.7 Å². The standard InChI is InChI=1S/C28H28O3/c1-3-19(2)18-31-28(30)23-16-10-15-22(17-23)27(29)26-24(20-11-6-4-7-12-20)25(26)21-13-8-5-9-14-21/h4-17,19,24-26H,3,18H2,1-2H3/t19-,24-,25-/m0/s1. The molecule has 3 aromatic rings. The molecule has 3 nitrogen and oxygen atoms in total.